The molecule has 0 fully saturated rings. The summed E-state index contributed by atoms with van der Waals surface area (Å²) in [6.45, 7) is 0.227. The lowest BCUT2D eigenvalue weighted by Crippen LogP contribution is -2.52. The number of hydrogen-bond acceptors (Lipinski definition) is 4. The summed E-state index contributed by atoms with van der Waals surface area (Å²) in [6, 6.07) is 17.1. The normalized spacial score (nSPS) is 15.5. The number of fused-ring (bicyclic) bond motifs is 1. The van der Waals surface area contributed by atoms with E-state index in [1.54, 1.807) is 18.2 Å². The first kappa shape index (κ1) is 22.8. The number of benzene rings is 3. The predicted octanol–water partition coefficient (Wildman–Crippen LogP) is 3.70. The molecule has 3 aromatic carbocycles. The number of carbonyl (C=O) groups is 2. The number of sulfonamides is 1. The van der Waals surface area contributed by atoms with Crippen molar-refractivity contribution in [3.63, 3.8) is 0 Å². The van der Waals surface area contributed by atoms with Crippen molar-refractivity contribution in [1.82, 2.24) is 5.32 Å². The molecule has 2 N–H and O–H groups in total. The van der Waals surface area contributed by atoms with Crippen molar-refractivity contribution in [2.75, 3.05) is 9.62 Å². The number of para-hydroxylation sites is 2. The summed E-state index contributed by atoms with van der Waals surface area (Å²) >= 11 is 5.81. The Morgan fingerprint density at radius 1 is 1.06 bits per heavy atom. The molecule has 0 aromatic heterocycles. The Balaban J connectivity index is 1.68. The van der Waals surface area contributed by atoms with Crippen LogP contribution >= 0.6 is 11.6 Å². The van der Waals surface area contributed by atoms with Crippen molar-refractivity contribution in [1.29, 1.82) is 0 Å². The van der Waals surface area contributed by atoms with Crippen molar-refractivity contribution in [3.8, 4) is 0 Å². The SMILES string of the molecule is O=C(CC1C(=O)Nc2ccccc2N1S(=O)(=O)c1ccc(F)c(Cl)c1)NCc1ccccc1. The van der Waals surface area contributed by atoms with Gasteiger partial charge in [-0.3, -0.25) is 13.9 Å². The molecule has 4 rings (SSSR count). The highest BCUT2D eigenvalue weighted by atomic mass is 35.5. The lowest BCUT2D eigenvalue weighted by molar-refractivity contribution is -0.125. The van der Waals surface area contributed by atoms with Gasteiger partial charge in [0, 0.05) is 6.54 Å². The fourth-order valence-corrected chi connectivity index (χ4v) is 5.43. The van der Waals surface area contributed by atoms with Crippen molar-refractivity contribution >= 4 is 44.8 Å². The zero-order valence-electron chi connectivity index (χ0n) is 17.2. The van der Waals surface area contributed by atoms with Crippen LogP contribution in [0.4, 0.5) is 15.8 Å². The Morgan fingerprint density at radius 2 is 1.76 bits per heavy atom. The van der Waals surface area contributed by atoms with Crippen molar-refractivity contribution in [3.05, 3.63) is 89.2 Å². The van der Waals surface area contributed by atoms with E-state index in [1.165, 1.54) is 6.07 Å². The molecule has 1 atom stereocenters. The maximum Gasteiger partial charge on any atom is 0.265 e. The largest absolute Gasteiger partial charge is 0.352 e. The zero-order chi connectivity index (χ0) is 23.6. The molecule has 1 unspecified atom stereocenters. The van der Waals surface area contributed by atoms with Gasteiger partial charge in [0.2, 0.25) is 11.8 Å². The van der Waals surface area contributed by atoms with E-state index < -0.39 is 40.1 Å². The number of anilines is 2. The standard InChI is InChI=1S/C23H19ClFN3O4S/c24-17-12-16(10-11-18(17)25)33(31,32)28-20-9-5-4-8-19(20)27-23(30)21(28)13-22(29)26-14-15-6-2-1-3-7-15/h1-12,21H,13-14H2,(H,26,29)(H,27,30). The summed E-state index contributed by atoms with van der Waals surface area (Å²) in [4.78, 5) is 25.3. The summed E-state index contributed by atoms with van der Waals surface area (Å²) in [5, 5.41) is 4.99. The first-order valence-corrected chi connectivity index (χ1v) is 11.8. The number of nitrogens with one attached hydrogen (secondary N) is 2. The van der Waals surface area contributed by atoms with Gasteiger partial charge in [-0.05, 0) is 35.9 Å². The van der Waals surface area contributed by atoms with Gasteiger partial charge in [-0.25, -0.2) is 12.8 Å². The Morgan fingerprint density at radius 3 is 2.48 bits per heavy atom. The lowest BCUT2D eigenvalue weighted by atomic mass is 10.1. The summed E-state index contributed by atoms with van der Waals surface area (Å²) in [5.74, 6) is -1.93. The Kier molecular flexibility index (Phi) is 6.35. The van der Waals surface area contributed by atoms with Crippen molar-refractivity contribution in [2.24, 2.45) is 0 Å². The number of nitrogens with zero attached hydrogens (tertiary/aromatic N) is 1. The van der Waals surface area contributed by atoms with E-state index in [0.717, 1.165) is 28.1 Å². The molecule has 2 amide bonds. The van der Waals surface area contributed by atoms with Crippen LogP contribution < -0.4 is 14.9 Å². The second kappa shape index (κ2) is 9.21. The van der Waals surface area contributed by atoms with Crippen LogP contribution in [0.1, 0.15) is 12.0 Å². The van der Waals surface area contributed by atoms with Gasteiger partial charge in [0.25, 0.3) is 10.0 Å². The van der Waals surface area contributed by atoms with Crippen LogP contribution in [0.2, 0.25) is 5.02 Å². The Hall–Kier alpha value is -3.43. The van der Waals surface area contributed by atoms with E-state index in [1.807, 2.05) is 30.3 Å². The van der Waals surface area contributed by atoms with E-state index >= 15 is 0 Å². The van der Waals surface area contributed by atoms with Gasteiger partial charge >= 0.3 is 0 Å². The highest BCUT2D eigenvalue weighted by Crippen LogP contribution is 2.37. The molecule has 0 saturated heterocycles. The Labute approximate surface area is 195 Å². The average molecular weight is 488 g/mol. The third-order valence-electron chi connectivity index (χ3n) is 5.14. The highest BCUT2D eigenvalue weighted by molar-refractivity contribution is 7.93. The second-order valence-corrected chi connectivity index (χ2v) is 9.59. The average Bonchev–Trinajstić information content (AvgIpc) is 2.80. The maximum absolute atomic E-state index is 13.6. The number of halogens is 2. The molecule has 10 heteroatoms. The number of hydrogen-bond donors (Lipinski definition) is 2. The van der Waals surface area contributed by atoms with Crippen molar-refractivity contribution < 1.29 is 22.4 Å². The fourth-order valence-electron chi connectivity index (χ4n) is 3.53. The molecule has 0 radical (unpaired) electrons. The van der Waals surface area contributed by atoms with Crippen molar-refractivity contribution in [2.45, 2.75) is 23.9 Å². The monoisotopic (exact) mass is 487 g/mol. The molecule has 33 heavy (non-hydrogen) atoms. The smallest absolute Gasteiger partial charge is 0.265 e. The van der Waals surface area contributed by atoms with Gasteiger partial charge in [-0.15, -0.1) is 0 Å². The van der Waals surface area contributed by atoms with Gasteiger partial charge in [0.1, 0.15) is 11.9 Å². The summed E-state index contributed by atoms with van der Waals surface area (Å²) in [5.41, 5.74) is 1.33. The molecule has 1 aliphatic rings. The summed E-state index contributed by atoms with van der Waals surface area (Å²) < 4.78 is 41.7. The molecule has 7 nitrogen and oxygen atoms in total. The lowest BCUT2D eigenvalue weighted by Gasteiger charge is -2.36. The van der Waals surface area contributed by atoms with Crippen LogP contribution in [0.25, 0.3) is 0 Å². The van der Waals surface area contributed by atoms with Gasteiger partial charge in [0.05, 0.1) is 27.7 Å². The predicted molar refractivity (Wildman–Crippen MR) is 123 cm³/mol. The Bertz CT molecular complexity index is 1320. The van der Waals surface area contributed by atoms with E-state index in [-0.39, 0.29) is 27.8 Å². The third-order valence-corrected chi connectivity index (χ3v) is 7.25. The topological polar surface area (TPSA) is 95.6 Å². The highest BCUT2D eigenvalue weighted by Gasteiger charge is 2.42. The summed E-state index contributed by atoms with van der Waals surface area (Å²) in [6.07, 6.45) is -0.416. The fraction of sp³-hybridized carbons (Fsp3) is 0.130. The molecular weight excluding hydrogens is 469 g/mol. The van der Waals surface area contributed by atoms with Gasteiger partial charge < -0.3 is 10.6 Å². The maximum atomic E-state index is 13.6. The molecule has 0 spiro atoms. The van der Waals surface area contributed by atoms with Crippen LogP contribution in [-0.4, -0.2) is 26.3 Å². The van der Waals surface area contributed by atoms with Gasteiger partial charge in [-0.1, -0.05) is 54.1 Å². The summed E-state index contributed by atoms with van der Waals surface area (Å²) in [7, 11) is -4.37. The van der Waals surface area contributed by atoms with E-state index in [9.17, 15) is 22.4 Å². The van der Waals surface area contributed by atoms with Gasteiger partial charge in [0.15, 0.2) is 0 Å². The first-order chi connectivity index (χ1) is 15.8. The second-order valence-electron chi connectivity index (χ2n) is 7.37. The first-order valence-electron chi connectivity index (χ1n) is 9.97. The van der Waals surface area contributed by atoms with Gasteiger partial charge in [-0.2, -0.15) is 0 Å². The molecule has 1 heterocycles. The van der Waals surface area contributed by atoms with E-state index in [2.05, 4.69) is 10.6 Å². The minimum absolute atomic E-state index is 0.193. The van der Waals surface area contributed by atoms with Crippen LogP contribution in [0.15, 0.2) is 77.7 Å². The zero-order valence-corrected chi connectivity index (χ0v) is 18.7. The molecule has 3 aromatic rings. The van der Waals surface area contributed by atoms with Crippen LogP contribution in [-0.2, 0) is 26.2 Å². The minimum Gasteiger partial charge on any atom is -0.352 e. The molecular formula is C23H19ClFN3O4S. The molecule has 0 bridgehead atoms. The molecule has 0 aliphatic carbocycles. The third kappa shape index (κ3) is 4.69. The van der Waals surface area contributed by atoms with Crippen LogP contribution in [0.5, 0.6) is 0 Å². The van der Waals surface area contributed by atoms with E-state index in [4.69, 9.17) is 11.6 Å². The van der Waals surface area contributed by atoms with E-state index in [0.29, 0.717) is 0 Å². The number of amides is 2. The molecule has 1 aliphatic heterocycles. The van der Waals surface area contributed by atoms with Crippen LogP contribution in [0.3, 0.4) is 0 Å². The number of rotatable bonds is 6. The molecule has 170 valence electrons. The number of carbonyl (C=O) groups excluding carboxylic acids is 2. The molecule has 0 saturated carbocycles. The quantitative estimate of drug-likeness (QED) is 0.554. The minimum atomic E-state index is -4.37. The van der Waals surface area contributed by atoms with Crippen LogP contribution in [0, 0.1) is 5.82 Å².